The van der Waals surface area contributed by atoms with Crippen LogP contribution in [0.3, 0.4) is 0 Å². The lowest BCUT2D eigenvalue weighted by Crippen LogP contribution is -2.27. The fourth-order valence-corrected chi connectivity index (χ4v) is 2.02. The van der Waals surface area contributed by atoms with E-state index in [0.717, 1.165) is 5.56 Å². The van der Waals surface area contributed by atoms with Gasteiger partial charge in [-0.2, -0.15) is 0 Å². The topological polar surface area (TPSA) is 67.4 Å². The molecular formula is C18H19FN2O3. The van der Waals surface area contributed by atoms with E-state index in [4.69, 9.17) is 4.74 Å². The zero-order valence-corrected chi connectivity index (χ0v) is 13.3. The van der Waals surface area contributed by atoms with Gasteiger partial charge in [-0.3, -0.25) is 9.59 Å². The molecule has 0 spiro atoms. The van der Waals surface area contributed by atoms with E-state index < -0.39 is 11.8 Å². The number of hydrogen-bond acceptors (Lipinski definition) is 3. The molecule has 0 aromatic heterocycles. The highest BCUT2D eigenvalue weighted by Crippen LogP contribution is 2.15. The van der Waals surface area contributed by atoms with Crippen molar-refractivity contribution in [2.75, 3.05) is 11.9 Å². The van der Waals surface area contributed by atoms with Gasteiger partial charge in [-0.05, 0) is 48.9 Å². The molecule has 2 rings (SSSR count). The van der Waals surface area contributed by atoms with Gasteiger partial charge in [0, 0.05) is 12.2 Å². The average Bonchev–Trinajstić information content (AvgIpc) is 2.56. The van der Waals surface area contributed by atoms with Crippen molar-refractivity contribution in [3.8, 4) is 5.75 Å². The highest BCUT2D eigenvalue weighted by molar-refractivity contribution is 6.03. The van der Waals surface area contributed by atoms with Crippen LogP contribution >= 0.6 is 0 Å². The number of amides is 2. The second-order valence-corrected chi connectivity index (χ2v) is 5.09. The number of carbonyl (C=O) groups is 2. The third-order valence-corrected chi connectivity index (χ3v) is 3.17. The van der Waals surface area contributed by atoms with Crippen molar-refractivity contribution in [2.45, 2.75) is 19.9 Å². The van der Waals surface area contributed by atoms with Crippen molar-refractivity contribution >= 4 is 17.5 Å². The van der Waals surface area contributed by atoms with Crippen molar-refractivity contribution in [1.29, 1.82) is 0 Å². The highest BCUT2D eigenvalue weighted by atomic mass is 19.1. The van der Waals surface area contributed by atoms with Gasteiger partial charge in [-0.25, -0.2) is 4.39 Å². The number of hydrogen-bond donors (Lipinski definition) is 2. The van der Waals surface area contributed by atoms with Gasteiger partial charge in [-0.1, -0.05) is 12.1 Å². The first-order valence-corrected chi connectivity index (χ1v) is 7.60. The van der Waals surface area contributed by atoms with Crippen LogP contribution in [-0.4, -0.2) is 18.4 Å². The van der Waals surface area contributed by atoms with E-state index in [9.17, 15) is 14.0 Å². The Bertz CT molecular complexity index is 684. The van der Waals surface area contributed by atoms with E-state index in [1.54, 1.807) is 36.4 Å². The first-order valence-electron chi connectivity index (χ1n) is 7.60. The highest BCUT2D eigenvalue weighted by Gasteiger charge is 2.09. The van der Waals surface area contributed by atoms with Crippen LogP contribution in [0.1, 0.15) is 18.9 Å². The summed E-state index contributed by atoms with van der Waals surface area (Å²) in [4.78, 5) is 23.6. The first-order chi connectivity index (χ1) is 11.6. The van der Waals surface area contributed by atoms with Crippen LogP contribution in [0.2, 0.25) is 0 Å². The molecule has 0 saturated carbocycles. The van der Waals surface area contributed by atoms with E-state index in [2.05, 4.69) is 10.6 Å². The van der Waals surface area contributed by atoms with Crippen molar-refractivity contribution in [3.05, 3.63) is 59.9 Å². The Morgan fingerprint density at radius 1 is 1.00 bits per heavy atom. The molecule has 0 atom stereocenters. The van der Waals surface area contributed by atoms with Gasteiger partial charge in [0.25, 0.3) is 0 Å². The normalized spacial score (nSPS) is 10.1. The summed E-state index contributed by atoms with van der Waals surface area (Å²) in [5, 5.41) is 5.26. The summed E-state index contributed by atoms with van der Waals surface area (Å²) in [6, 6.07) is 12.7. The Kier molecular flexibility index (Phi) is 6.31. The Balaban J connectivity index is 1.76. The summed E-state index contributed by atoms with van der Waals surface area (Å²) in [6.07, 6.45) is -0.283. The molecule has 0 aliphatic rings. The summed E-state index contributed by atoms with van der Waals surface area (Å²) in [7, 11) is 0. The lowest BCUT2D eigenvalue weighted by atomic mass is 10.2. The van der Waals surface area contributed by atoms with Crippen LogP contribution < -0.4 is 15.4 Å². The number of halogens is 1. The van der Waals surface area contributed by atoms with Gasteiger partial charge in [-0.15, -0.1) is 0 Å². The first kappa shape index (κ1) is 17.5. The summed E-state index contributed by atoms with van der Waals surface area (Å²) < 4.78 is 18.1. The molecule has 0 saturated heterocycles. The van der Waals surface area contributed by atoms with Gasteiger partial charge in [0.05, 0.1) is 6.61 Å². The number of anilines is 1. The van der Waals surface area contributed by atoms with Crippen LogP contribution in [0, 0.1) is 5.82 Å². The maximum Gasteiger partial charge on any atom is 0.233 e. The van der Waals surface area contributed by atoms with E-state index in [1.165, 1.54) is 12.1 Å². The SMILES string of the molecule is CCOc1ccc(NC(=O)CC(=O)NCc2ccc(F)cc2)cc1. The maximum atomic E-state index is 12.8. The number of nitrogens with one attached hydrogen (secondary N) is 2. The second-order valence-electron chi connectivity index (χ2n) is 5.09. The molecule has 24 heavy (non-hydrogen) atoms. The molecule has 5 nitrogen and oxygen atoms in total. The fourth-order valence-electron chi connectivity index (χ4n) is 2.02. The molecule has 2 amide bonds. The lowest BCUT2D eigenvalue weighted by Gasteiger charge is -2.08. The molecule has 0 aliphatic heterocycles. The fraction of sp³-hybridized carbons (Fsp3) is 0.222. The Hall–Kier alpha value is -2.89. The molecule has 2 aromatic carbocycles. The van der Waals surface area contributed by atoms with Gasteiger partial charge in [0.1, 0.15) is 18.0 Å². The molecule has 0 unspecified atom stereocenters. The minimum Gasteiger partial charge on any atom is -0.494 e. The Labute approximate surface area is 139 Å². The van der Waals surface area contributed by atoms with Gasteiger partial charge >= 0.3 is 0 Å². The number of ether oxygens (including phenoxy) is 1. The Morgan fingerprint density at radius 3 is 2.29 bits per heavy atom. The summed E-state index contributed by atoms with van der Waals surface area (Å²) in [6.45, 7) is 2.70. The monoisotopic (exact) mass is 330 g/mol. The quantitative estimate of drug-likeness (QED) is 0.767. The van der Waals surface area contributed by atoms with Crippen LogP contribution in [-0.2, 0) is 16.1 Å². The van der Waals surface area contributed by atoms with E-state index in [1.807, 2.05) is 6.92 Å². The predicted molar refractivity (Wildman–Crippen MR) is 89.1 cm³/mol. The summed E-state index contributed by atoms with van der Waals surface area (Å²) in [5.41, 5.74) is 1.35. The summed E-state index contributed by atoms with van der Waals surface area (Å²) >= 11 is 0. The number of rotatable bonds is 7. The zero-order valence-electron chi connectivity index (χ0n) is 13.3. The lowest BCUT2D eigenvalue weighted by molar-refractivity contribution is -0.126. The van der Waals surface area contributed by atoms with E-state index >= 15 is 0 Å². The average molecular weight is 330 g/mol. The molecule has 0 radical (unpaired) electrons. The van der Waals surface area contributed by atoms with Crippen molar-refractivity contribution < 1.29 is 18.7 Å². The molecule has 126 valence electrons. The van der Waals surface area contributed by atoms with Gasteiger partial charge in [0.15, 0.2) is 0 Å². The predicted octanol–water partition coefficient (Wildman–Crippen LogP) is 2.87. The maximum absolute atomic E-state index is 12.8. The van der Waals surface area contributed by atoms with E-state index in [-0.39, 0.29) is 18.8 Å². The molecule has 6 heteroatoms. The summed E-state index contributed by atoms with van der Waals surface area (Å²) in [5.74, 6) is -0.425. The van der Waals surface area contributed by atoms with Gasteiger partial charge in [0.2, 0.25) is 11.8 Å². The number of carbonyl (C=O) groups excluding carboxylic acids is 2. The molecule has 0 bridgehead atoms. The third kappa shape index (κ3) is 5.72. The van der Waals surface area contributed by atoms with Crippen LogP contribution in [0.4, 0.5) is 10.1 Å². The minimum atomic E-state index is -0.407. The van der Waals surface area contributed by atoms with Crippen molar-refractivity contribution in [3.63, 3.8) is 0 Å². The molecule has 2 aromatic rings. The van der Waals surface area contributed by atoms with Crippen LogP contribution in [0.25, 0.3) is 0 Å². The van der Waals surface area contributed by atoms with Crippen molar-refractivity contribution in [2.24, 2.45) is 0 Å². The zero-order chi connectivity index (χ0) is 17.4. The Morgan fingerprint density at radius 2 is 1.67 bits per heavy atom. The largest absolute Gasteiger partial charge is 0.494 e. The van der Waals surface area contributed by atoms with Crippen molar-refractivity contribution in [1.82, 2.24) is 5.32 Å². The van der Waals surface area contributed by atoms with Gasteiger partial charge < -0.3 is 15.4 Å². The standard InChI is InChI=1S/C18H19FN2O3/c1-2-24-16-9-7-15(8-10-16)21-18(23)11-17(22)20-12-13-3-5-14(19)6-4-13/h3-10H,2,11-12H2,1H3,(H,20,22)(H,21,23). The van der Waals surface area contributed by atoms with E-state index in [0.29, 0.717) is 18.0 Å². The molecule has 2 N–H and O–H groups in total. The molecule has 0 fully saturated rings. The molecule has 0 aliphatic carbocycles. The number of benzene rings is 2. The van der Waals surface area contributed by atoms with Crippen LogP contribution in [0.5, 0.6) is 5.75 Å². The molecular weight excluding hydrogens is 311 g/mol. The minimum absolute atomic E-state index is 0.245. The third-order valence-electron chi connectivity index (χ3n) is 3.17. The molecule has 0 heterocycles. The second kappa shape index (κ2) is 8.67. The smallest absolute Gasteiger partial charge is 0.233 e. The van der Waals surface area contributed by atoms with Crippen LogP contribution in [0.15, 0.2) is 48.5 Å².